The standard InChI is InChI=1S/C17H25F2N3O/c1-11-10-12(16(2,3)4)13(14(20)23)15(21-11)22-8-5-6-17(18,19)7-9-22/h10H,5-9H2,1-4H3,(H2,20,23). The molecule has 2 heterocycles. The van der Waals surface area contributed by atoms with Gasteiger partial charge in [0.15, 0.2) is 0 Å². The van der Waals surface area contributed by atoms with Crippen LogP contribution >= 0.6 is 0 Å². The van der Waals surface area contributed by atoms with Gasteiger partial charge in [-0.3, -0.25) is 4.79 Å². The maximum absolute atomic E-state index is 13.6. The molecule has 4 nitrogen and oxygen atoms in total. The van der Waals surface area contributed by atoms with Gasteiger partial charge in [0.25, 0.3) is 5.91 Å². The predicted molar refractivity (Wildman–Crippen MR) is 87.2 cm³/mol. The molecule has 0 bridgehead atoms. The lowest BCUT2D eigenvalue weighted by Gasteiger charge is -2.29. The number of aryl methyl sites for hydroxylation is 1. The van der Waals surface area contributed by atoms with Gasteiger partial charge in [-0.1, -0.05) is 20.8 Å². The van der Waals surface area contributed by atoms with Crippen molar-refractivity contribution in [2.75, 3.05) is 18.0 Å². The molecule has 1 aliphatic heterocycles. The molecule has 0 unspecified atom stereocenters. The summed E-state index contributed by atoms with van der Waals surface area (Å²) in [5.41, 5.74) is 7.24. The molecule has 23 heavy (non-hydrogen) atoms. The second-order valence-electron chi connectivity index (χ2n) is 7.32. The number of anilines is 1. The molecule has 0 aromatic carbocycles. The van der Waals surface area contributed by atoms with E-state index in [9.17, 15) is 13.6 Å². The Morgan fingerprint density at radius 3 is 2.52 bits per heavy atom. The van der Waals surface area contributed by atoms with Crippen molar-refractivity contribution < 1.29 is 13.6 Å². The fourth-order valence-electron chi connectivity index (χ4n) is 3.00. The summed E-state index contributed by atoms with van der Waals surface area (Å²) in [4.78, 5) is 18.3. The van der Waals surface area contributed by atoms with Crippen LogP contribution in [0.3, 0.4) is 0 Å². The Morgan fingerprint density at radius 1 is 1.30 bits per heavy atom. The van der Waals surface area contributed by atoms with Crippen LogP contribution < -0.4 is 10.6 Å². The number of rotatable bonds is 2. The summed E-state index contributed by atoms with van der Waals surface area (Å²) in [6.07, 6.45) is 0.00466. The third kappa shape index (κ3) is 3.98. The number of alkyl halides is 2. The van der Waals surface area contributed by atoms with Crippen LogP contribution in [-0.2, 0) is 5.41 Å². The lowest BCUT2D eigenvalue weighted by atomic mass is 9.83. The number of hydrogen-bond acceptors (Lipinski definition) is 3. The molecular weight excluding hydrogens is 300 g/mol. The summed E-state index contributed by atoms with van der Waals surface area (Å²) in [5, 5.41) is 0. The molecule has 1 fully saturated rings. The van der Waals surface area contributed by atoms with Crippen molar-refractivity contribution in [3.8, 4) is 0 Å². The Morgan fingerprint density at radius 2 is 1.96 bits per heavy atom. The van der Waals surface area contributed by atoms with E-state index in [4.69, 9.17) is 5.73 Å². The minimum absolute atomic E-state index is 0.132. The quantitative estimate of drug-likeness (QED) is 0.906. The first-order chi connectivity index (χ1) is 10.5. The molecule has 0 aliphatic carbocycles. The molecule has 0 atom stereocenters. The third-order valence-electron chi connectivity index (χ3n) is 4.20. The van der Waals surface area contributed by atoms with Crippen molar-refractivity contribution in [1.82, 2.24) is 4.98 Å². The molecule has 1 saturated heterocycles. The molecule has 2 N–H and O–H groups in total. The number of hydrogen-bond donors (Lipinski definition) is 1. The number of amides is 1. The Balaban J connectivity index is 2.53. The highest BCUT2D eigenvalue weighted by atomic mass is 19.3. The van der Waals surface area contributed by atoms with E-state index in [0.29, 0.717) is 24.3 Å². The van der Waals surface area contributed by atoms with Gasteiger partial charge in [0, 0.05) is 31.6 Å². The zero-order chi connectivity index (χ0) is 17.4. The van der Waals surface area contributed by atoms with Crippen LogP contribution in [0.25, 0.3) is 0 Å². The third-order valence-corrected chi connectivity index (χ3v) is 4.20. The van der Waals surface area contributed by atoms with Crippen LogP contribution in [0, 0.1) is 6.92 Å². The summed E-state index contributed by atoms with van der Waals surface area (Å²) in [5.74, 6) is -2.77. The molecule has 0 saturated carbocycles. The highest BCUT2D eigenvalue weighted by Gasteiger charge is 2.34. The molecule has 128 valence electrons. The second-order valence-corrected chi connectivity index (χ2v) is 7.32. The predicted octanol–water partition coefficient (Wildman–Crippen LogP) is 3.41. The molecule has 1 amide bonds. The number of primary amides is 1. The Bertz CT molecular complexity index is 609. The summed E-state index contributed by atoms with van der Waals surface area (Å²) in [6, 6.07) is 1.86. The van der Waals surface area contributed by atoms with Gasteiger partial charge in [0.2, 0.25) is 5.92 Å². The monoisotopic (exact) mass is 325 g/mol. The van der Waals surface area contributed by atoms with Gasteiger partial charge in [-0.2, -0.15) is 0 Å². The molecule has 2 rings (SSSR count). The topological polar surface area (TPSA) is 59.2 Å². The van der Waals surface area contributed by atoms with Crippen LogP contribution in [0.15, 0.2) is 6.07 Å². The highest BCUT2D eigenvalue weighted by molar-refractivity contribution is 5.99. The number of carbonyl (C=O) groups excluding carboxylic acids is 1. The first kappa shape index (κ1) is 17.6. The Labute approximate surface area is 136 Å². The van der Waals surface area contributed by atoms with E-state index in [0.717, 1.165) is 11.3 Å². The van der Waals surface area contributed by atoms with E-state index in [2.05, 4.69) is 4.98 Å². The van der Waals surface area contributed by atoms with Gasteiger partial charge >= 0.3 is 0 Å². The number of aromatic nitrogens is 1. The smallest absolute Gasteiger partial charge is 0.252 e. The summed E-state index contributed by atoms with van der Waals surface area (Å²) in [6.45, 7) is 8.46. The maximum atomic E-state index is 13.6. The summed E-state index contributed by atoms with van der Waals surface area (Å²) >= 11 is 0. The molecule has 0 spiro atoms. The fourth-order valence-corrected chi connectivity index (χ4v) is 3.00. The molecule has 1 aromatic heterocycles. The summed E-state index contributed by atoms with van der Waals surface area (Å²) < 4.78 is 27.2. The first-order valence-electron chi connectivity index (χ1n) is 7.96. The van der Waals surface area contributed by atoms with E-state index in [1.54, 1.807) is 4.90 Å². The van der Waals surface area contributed by atoms with Gasteiger partial charge in [-0.15, -0.1) is 0 Å². The van der Waals surface area contributed by atoms with Gasteiger partial charge in [-0.25, -0.2) is 13.8 Å². The van der Waals surface area contributed by atoms with Gasteiger partial charge in [0.1, 0.15) is 5.82 Å². The lowest BCUT2D eigenvalue weighted by molar-refractivity contribution is -0.0102. The van der Waals surface area contributed by atoms with Crippen LogP contribution in [0.4, 0.5) is 14.6 Å². The van der Waals surface area contributed by atoms with Gasteiger partial charge in [-0.05, 0) is 30.4 Å². The molecular formula is C17H25F2N3O. The van der Waals surface area contributed by atoms with Crippen molar-refractivity contribution in [3.63, 3.8) is 0 Å². The maximum Gasteiger partial charge on any atom is 0.252 e. The Hall–Kier alpha value is -1.72. The van der Waals surface area contributed by atoms with Crippen molar-refractivity contribution in [3.05, 3.63) is 22.9 Å². The van der Waals surface area contributed by atoms with Crippen molar-refractivity contribution in [1.29, 1.82) is 0 Å². The van der Waals surface area contributed by atoms with E-state index >= 15 is 0 Å². The number of pyridine rings is 1. The zero-order valence-corrected chi connectivity index (χ0v) is 14.2. The van der Waals surface area contributed by atoms with Crippen LogP contribution in [0.5, 0.6) is 0 Å². The normalized spacial score (nSPS) is 18.6. The van der Waals surface area contributed by atoms with Crippen LogP contribution in [0.2, 0.25) is 0 Å². The summed E-state index contributed by atoms with van der Waals surface area (Å²) in [7, 11) is 0. The molecule has 0 radical (unpaired) electrons. The fraction of sp³-hybridized carbons (Fsp3) is 0.647. The number of halogens is 2. The van der Waals surface area contributed by atoms with Crippen molar-refractivity contribution >= 4 is 11.7 Å². The van der Waals surface area contributed by atoms with Crippen LogP contribution in [-0.4, -0.2) is 29.9 Å². The van der Waals surface area contributed by atoms with E-state index in [1.165, 1.54) is 0 Å². The average Bonchev–Trinajstić information content (AvgIpc) is 2.57. The van der Waals surface area contributed by atoms with E-state index in [1.807, 2.05) is 33.8 Å². The van der Waals surface area contributed by atoms with Crippen LogP contribution in [0.1, 0.15) is 61.6 Å². The highest BCUT2D eigenvalue weighted by Crippen LogP contribution is 2.34. The minimum Gasteiger partial charge on any atom is -0.365 e. The van der Waals surface area contributed by atoms with Gasteiger partial charge in [0.05, 0.1) is 5.56 Å². The number of nitrogens with two attached hydrogens (primary N) is 1. The van der Waals surface area contributed by atoms with E-state index < -0.39 is 11.8 Å². The number of carbonyl (C=O) groups is 1. The molecule has 6 heteroatoms. The SMILES string of the molecule is Cc1cc(C(C)(C)C)c(C(N)=O)c(N2CCCC(F)(F)CC2)n1. The first-order valence-corrected chi connectivity index (χ1v) is 7.96. The molecule has 1 aromatic rings. The zero-order valence-electron chi connectivity index (χ0n) is 14.2. The van der Waals surface area contributed by atoms with Crippen molar-refractivity contribution in [2.45, 2.75) is 58.3 Å². The second kappa shape index (κ2) is 6.06. The largest absolute Gasteiger partial charge is 0.365 e. The minimum atomic E-state index is -2.65. The average molecular weight is 325 g/mol. The van der Waals surface area contributed by atoms with Crippen molar-refractivity contribution in [2.24, 2.45) is 5.73 Å². The van der Waals surface area contributed by atoms with Gasteiger partial charge < -0.3 is 10.6 Å². The lowest BCUT2D eigenvalue weighted by Crippen LogP contribution is -2.32. The number of nitrogens with zero attached hydrogens (tertiary/aromatic N) is 2. The van der Waals surface area contributed by atoms with E-state index in [-0.39, 0.29) is 24.8 Å². The Kier molecular flexibility index (Phi) is 4.64. The molecule has 1 aliphatic rings.